The highest BCUT2D eigenvalue weighted by Gasteiger charge is 2.12. The maximum atomic E-state index is 11.0. The SMILES string of the molecule is CCCCC(CCCC)Oc1cc(C)c(C=O)c(C)c1. The normalized spacial score (nSPS) is 10.8. The van der Waals surface area contributed by atoms with Crippen molar-refractivity contribution in [1.82, 2.24) is 0 Å². The Morgan fingerprint density at radius 1 is 1.05 bits per heavy atom. The topological polar surface area (TPSA) is 26.3 Å². The summed E-state index contributed by atoms with van der Waals surface area (Å²) in [6.45, 7) is 8.36. The van der Waals surface area contributed by atoms with Crippen LogP contribution in [-0.2, 0) is 0 Å². The third-order valence-electron chi connectivity index (χ3n) is 3.75. The van der Waals surface area contributed by atoms with Crippen LogP contribution in [0.25, 0.3) is 0 Å². The van der Waals surface area contributed by atoms with E-state index < -0.39 is 0 Å². The number of hydrogen-bond donors (Lipinski definition) is 0. The van der Waals surface area contributed by atoms with Crippen LogP contribution in [0.3, 0.4) is 0 Å². The van der Waals surface area contributed by atoms with E-state index in [-0.39, 0.29) is 0 Å². The van der Waals surface area contributed by atoms with Crippen molar-refractivity contribution in [2.75, 3.05) is 0 Å². The monoisotopic (exact) mass is 276 g/mol. The fraction of sp³-hybridized carbons (Fsp3) is 0.611. The van der Waals surface area contributed by atoms with Crippen molar-refractivity contribution in [1.29, 1.82) is 0 Å². The fourth-order valence-corrected chi connectivity index (χ4v) is 2.51. The number of carbonyl (C=O) groups excluding carboxylic acids is 1. The van der Waals surface area contributed by atoms with Gasteiger partial charge in [-0.3, -0.25) is 4.79 Å². The highest BCUT2D eigenvalue weighted by atomic mass is 16.5. The second-order valence-corrected chi connectivity index (χ2v) is 5.61. The van der Waals surface area contributed by atoms with Crippen LogP contribution < -0.4 is 4.74 Å². The molecule has 1 rings (SSSR count). The van der Waals surface area contributed by atoms with Gasteiger partial charge in [0.2, 0.25) is 0 Å². The van der Waals surface area contributed by atoms with E-state index in [2.05, 4.69) is 13.8 Å². The third kappa shape index (κ3) is 4.99. The van der Waals surface area contributed by atoms with E-state index in [4.69, 9.17) is 4.74 Å². The van der Waals surface area contributed by atoms with Crippen molar-refractivity contribution in [2.45, 2.75) is 72.3 Å². The molecule has 0 aliphatic heterocycles. The number of rotatable bonds is 9. The molecule has 2 nitrogen and oxygen atoms in total. The Kier molecular flexibility index (Phi) is 7.35. The van der Waals surface area contributed by atoms with Crippen LogP contribution in [0.5, 0.6) is 5.75 Å². The molecule has 0 saturated heterocycles. The van der Waals surface area contributed by atoms with Gasteiger partial charge >= 0.3 is 0 Å². The van der Waals surface area contributed by atoms with Crippen LogP contribution in [0.15, 0.2) is 12.1 Å². The highest BCUT2D eigenvalue weighted by Crippen LogP contribution is 2.24. The number of aryl methyl sites for hydroxylation is 2. The van der Waals surface area contributed by atoms with Crippen LogP contribution in [-0.4, -0.2) is 12.4 Å². The first-order chi connectivity index (χ1) is 9.62. The van der Waals surface area contributed by atoms with E-state index in [1.807, 2.05) is 26.0 Å². The lowest BCUT2D eigenvalue weighted by Gasteiger charge is -2.20. The van der Waals surface area contributed by atoms with Gasteiger partial charge < -0.3 is 4.74 Å². The number of benzene rings is 1. The number of ether oxygens (including phenoxy) is 1. The molecule has 0 N–H and O–H groups in total. The zero-order valence-corrected chi connectivity index (χ0v) is 13.4. The Hall–Kier alpha value is -1.31. The molecular weight excluding hydrogens is 248 g/mol. The van der Waals surface area contributed by atoms with Crippen molar-refractivity contribution in [3.8, 4) is 5.75 Å². The molecule has 1 aromatic rings. The maximum Gasteiger partial charge on any atom is 0.150 e. The van der Waals surface area contributed by atoms with E-state index in [1.54, 1.807) is 0 Å². The summed E-state index contributed by atoms with van der Waals surface area (Å²) in [6, 6.07) is 3.98. The predicted octanol–water partition coefficient (Wildman–Crippen LogP) is 5.24. The zero-order valence-electron chi connectivity index (χ0n) is 13.4. The first-order valence-electron chi connectivity index (χ1n) is 7.85. The minimum atomic E-state index is 0.302. The van der Waals surface area contributed by atoms with Crippen LogP contribution in [0.4, 0.5) is 0 Å². The molecule has 0 unspecified atom stereocenters. The second-order valence-electron chi connectivity index (χ2n) is 5.61. The summed E-state index contributed by atoms with van der Waals surface area (Å²) in [4.78, 5) is 11.0. The summed E-state index contributed by atoms with van der Waals surface area (Å²) in [5, 5.41) is 0. The molecule has 20 heavy (non-hydrogen) atoms. The molecule has 0 heterocycles. The molecule has 0 radical (unpaired) electrons. The van der Waals surface area contributed by atoms with Crippen molar-refractivity contribution in [3.63, 3.8) is 0 Å². The van der Waals surface area contributed by atoms with Gasteiger partial charge in [-0.25, -0.2) is 0 Å². The van der Waals surface area contributed by atoms with E-state index in [0.717, 1.165) is 41.6 Å². The lowest BCUT2D eigenvalue weighted by molar-refractivity contribution is 0.112. The number of hydrogen-bond acceptors (Lipinski definition) is 2. The van der Waals surface area contributed by atoms with Crippen molar-refractivity contribution in [2.24, 2.45) is 0 Å². The molecule has 1 aromatic carbocycles. The molecule has 0 spiro atoms. The van der Waals surface area contributed by atoms with Gasteiger partial charge in [0.25, 0.3) is 0 Å². The fourth-order valence-electron chi connectivity index (χ4n) is 2.51. The Balaban J connectivity index is 2.78. The molecule has 112 valence electrons. The maximum absolute atomic E-state index is 11.0. The van der Waals surface area contributed by atoms with Crippen LogP contribution in [0.1, 0.15) is 73.9 Å². The molecule has 0 bridgehead atoms. The van der Waals surface area contributed by atoms with E-state index in [9.17, 15) is 4.79 Å². The molecule has 0 saturated carbocycles. The van der Waals surface area contributed by atoms with Gasteiger partial charge in [0.05, 0.1) is 6.10 Å². The minimum Gasteiger partial charge on any atom is -0.490 e. The average Bonchev–Trinajstić information content (AvgIpc) is 2.41. The lowest BCUT2D eigenvalue weighted by Crippen LogP contribution is -2.16. The third-order valence-corrected chi connectivity index (χ3v) is 3.75. The van der Waals surface area contributed by atoms with Crippen molar-refractivity contribution >= 4 is 6.29 Å². The Morgan fingerprint density at radius 3 is 1.95 bits per heavy atom. The van der Waals surface area contributed by atoms with Crippen LogP contribution in [0, 0.1) is 13.8 Å². The molecule has 0 atom stereocenters. The number of unbranched alkanes of at least 4 members (excludes halogenated alkanes) is 2. The predicted molar refractivity (Wildman–Crippen MR) is 84.8 cm³/mol. The van der Waals surface area contributed by atoms with Gasteiger partial charge in [-0.1, -0.05) is 39.5 Å². The van der Waals surface area contributed by atoms with Crippen molar-refractivity contribution < 1.29 is 9.53 Å². The summed E-state index contributed by atoms with van der Waals surface area (Å²) >= 11 is 0. The smallest absolute Gasteiger partial charge is 0.150 e. The molecule has 0 aliphatic carbocycles. The molecule has 0 aromatic heterocycles. The lowest BCUT2D eigenvalue weighted by atomic mass is 10.0. The van der Waals surface area contributed by atoms with Crippen LogP contribution >= 0.6 is 0 Å². The van der Waals surface area contributed by atoms with Crippen molar-refractivity contribution in [3.05, 3.63) is 28.8 Å². The van der Waals surface area contributed by atoms with Crippen LogP contribution in [0.2, 0.25) is 0 Å². The molecule has 0 fully saturated rings. The van der Waals surface area contributed by atoms with E-state index in [0.29, 0.717) is 6.10 Å². The molecule has 2 heteroatoms. The second kappa shape index (κ2) is 8.78. The Labute approximate surface area is 123 Å². The van der Waals surface area contributed by atoms with Gasteiger partial charge in [0.15, 0.2) is 6.29 Å². The molecule has 0 aliphatic rings. The van der Waals surface area contributed by atoms with Gasteiger partial charge in [0, 0.05) is 5.56 Å². The average molecular weight is 276 g/mol. The molecule has 0 amide bonds. The van der Waals surface area contributed by atoms with Gasteiger partial charge in [-0.2, -0.15) is 0 Å². The summed E-state index contributed by atoms with van der Waals surface area (Å²) in [6.07, 6.45) is 8.28. The largest absolute Gasteiger partial charge is 0.490 e. The standard InChI is InChI=1S/C18H28O2/c1-5-7-9-16(10-8-6-2)20-17-11-14(3)18(13-19)15(4)12-17/h11-13,16H,5-10H2,1-4H3. The zero-order chi connectivity index (χ0) is 15.0. The Bertz CT molecular complexity index is 392. The summed E-state index contributed by atoms with van der Waals surface area (Å²) < 4.78 is 6.16. The van der Waals surface area contributed by atoms with E-state index >= 15 is 0 Å². The summed E-state index contributed by atoms with van der Waals surface area (Å²) in [5.41, 5.74) is 2.79. The van der Waals surface area contributed by atoms with E-state index in [1.165, 1.54) is 25.7 Å². The van der Waals surface area contributed by atoms with Gasteiger partial charge in [-0.05, 0) is 49.9 Å². The quantitative estimate of drug-likeness (QED) is 0.576. The first-order valence-corrected chi connectivity index (χ1v) is 7.85. The minimum absolute atomic E-state index is 0.302. The van der Waals surface area contributed by atoms with Gasteiger partial charge in [-0.15, -0.1) is 0 Å². The highest BCUT2D eigenvalue weighted by molar-refractivity contribution is 5.80. The number of aldehydes is 1. The summed E-state index contributed by atoms with van der Waals surface area (Å²) in [5.74, 6) is 0.905. The Morgan fingerprint density at radius 2 is 1.55 bits per heavy atom. The summed E-state index contributed by atoms with van der Waals surface area (Å²) in [7, 11) is 0. The molecular formula is C18H28O2. The number of carbonyl (C=O) groups is 1. The van der Waals surface area contributed by atoms with Gasteiger partial charge in [0.1, 0.15) is 5.75 Å². The first kappa shape index (κ1) is 16.7.